The number of hydrogen-bond acceptors (Lipinski definition) is 3. The Kier molecular flexibility index (Phi) is 4.05. The molecule has 0 spiro atoms. The summed E-state index contributed by atoms with van der Waals surface area (Å²) < 4.78 is 18.4. The molecule has 2 aromatic rings. The van der Waals surface area contributed by atoms with Crippen molar-refractivity contribution in [1.82, 2.24) is 5.32 Å². The van der Waals surface area contributed by atoms with Crippen LogP contribution < -0.4 is 10.6 Å². The normalized spacial score (nSPS) is 13.6. The molecule has 106 valence electrons. The largest absolute Gasteiger partial charge is 0.466 e. The van der Waals surface area contributed by atoms with Crippen LogP contribution in [0.2, 0.25) is 0 Å². The number of carbonyl (C=O) groups excluding carboxylic acids is 1. The SMILES string of the molecule is CC(O)(CNC(=O)Nc1ccccc1F)c1ccco1. The molecule has 0 aliphatic carbocycles. The summed E-state index contributed by atoms with van der Waals surface area (Å²) >= 11 is 0. The van der Waals surface area contributed by atoms with Crippen LogP contribution in [0.25, 0.3) is 0 Å². The third kappa shape index (κ3) is 3.36. The molecule has 1 heterocycles. The van der Waals surface area contributed by atoms with E-state index in [-0.39, 0.29) is 12.2 Å². The molecule has 0 saturated heterocycles. The molecule has 1 aromatic heterocycles. The lowest BCUT2D eigenvalue weighted by atomic mass is 10.0. The molecule has 2 rings (SSSR count). The van der Waals surface area contributed by atoms with Crippen molar-refractivity contribution in [2.24, 2.45) is 0 Å². The van der Waals surface area contributed by atoms with Crippen molar-refractivity contribution in [2.75, 3.05) is 11.9 Å². The van der Waals surface area contributed by atoms with E-state index in [9.17, 15) is 14.3 Å². The molecular weight excluding hydrogens is 263 g/mol. The third-order valence-corrected chi connectivity index (χ3v) is 2.77. The predicted molar refractivity (Wildman–Crippen MR) is 71.7 cm³/mol. The zero-order chi connectivity index (χ0) is 14.6. The molecule has 0 aliphatic rings. The molecule has 5 nitrogen and oxygen atoms in total. The molecule has 3 N–H and O–H groups in total. The number of anilines is 1. The van der Waals surface area contributed by atoms with E-state index < -0.39 is 17.4 Å². The summed E-state index contributed by atoms with van der Waals surface area (Å²) in [5, 5.41) is 15.0. The summed E-state index contributed by atoms with van der Waals surface area (Å²) in [6.45, 7) is 1.44. The molecule has 1 atom stereocenters. The first-order valence-electron chi connectivity index (χ1n) is 6.05. The second kappa shape index (κ2) is 5.75. The van der Waals surface area contributed by atoms with Crippen LogP contribution in [-0.2, 0) is 5.60 Å². The number of rotatable bonds is 4. The highest BCUT2D eigenvalue weighted by Crippen LogP contribution is 2.19. The fourth-order valence-corrected chi connectivity index (χ4v) is 1.65. The van der Waals surface area contributed by atoms with Crippen molar-refractivity contribution < 1.29 is 18.7 Å². The van der Waals surface area contributed by atoms with Gasteiger partial charge in [-0.05, 0) is 31.2 Å². The van der Waals surface area contributed by atoms with Gasteiger partial charge in [0.05, 0.1) is 18.5 Å². The summed E-state index contributed by atoms with van der Waals surface area (Å²) in [6.07, 6.45) is 1.43. The van der Waals surface area contributed by atoms with Crippen LogP contribution in [-0.4, -0.2) is 17.7 Å². The number of halogens is 1. The van der Waals surface area contributed by atoms with Gasteiger partial charge in [0.1, 0.15) is 17.2 Å². The Labute approximate surface area is 115 Å². The highest BCUT2D eigenvalue weighted by atomic mass is 19.1. The second-order valence-corrected chi connectivity index (χ2v) is 4.54. The van der Waals surface area contributed by atoms with Crippen molar-refractivity contribution in [3.63, 3.8) is 0 Å². The van der Waals surface area contributed by atoms with E-state index in [0.717, 1.165) is 0 Å². The Balaban J connectivity index is 1.91. The summed E-state index contributed by atoms with van der Waals surface area (Å²) in [5.41, 5.74) is -1.27. The van der Waals surface area contributed by atoms with Gasteiger partial charge in [-0.15, -0.1) is 0 Å². The number of aliphatic hydroxyl groups is 1. The van der Waals surface area contributed by atoms with Gasteiger partial charge in [-0.25, -0.2) is 9.18 Å². The Bertz CT molecular complexity index is 582. The summed E-state index contributed by atoms with van der Waals surface area (Å²) in [7, 11) is 0. The quantitative estimate of drug-likeness (QED) is 0.804. The van der Waals surface area contributed by atoms with Crippen LogP contribution in [0.5, 0.6) is 0 Å². The summed E-state index contributed by atoms with van der Waals surface area (Å²) in [5.74, 6) is -0.191. The Morgan fingerprint density at radius 3 is 2.75 bits per heavy atom. The van der Waals surface area contributed by atoms with E-state index in [2.05, 4.69) is 10.6 Å². The Morgan fingerprint density at radius 2 is 2.10 bits per heavy atom. The van der Waals surface area contributed by atoms with E-state index in [0.29, 0.717) is 5.76 Å². The van der Waals surface area contributed by atoms with Gasteiger partial charge in [-0.1, -0.05) is 12.1 Å². The number of benzene rings is 1. The van der Waals surface area contributed by atoms with E-state index in [1.165, 1.54) is 31.4 Å². The number of amides is 2. The van der Waals surface area contributed by atoms with Crippen molar-refractivity contribution >= 4 is 11.7 Å². The first-order valence-corrected chi connectivity index (χ1v) is 6.05. The zero-order valence-corrected chi connectivity index (χ0v) is 10.9. The molecule has 0 radical (unpaired) electrons. The smallest absolute Gasteiger partial charge is 0.319 e. The lowest BCUT2D eigenvalue weighted by Gasteiger charge is -2.21. The molecule has 1 aromatic carbocycles. The lowest BCUT2D eigenvalue weighted by molar-refractivity contribution is 0.0372. The molecule has 0 aliphatic heterocycles. The molecule has 0 bridgehead atoms. The maximum Gasteiger partial charge on any atom is 0.319 e. The topological polar surface area (TPSA) is 74.5 Å². The first kappa shape index (κ1) is 14.1. The van der Waals surface area contributed by atoms with Crippen molar-refractivity contribution in [1.29, 1.82) is 0 Å². The van der Waals surface area contributed by atoms with E-state index in [1.54, 1.807) is 18.2 Å². The number of para-hydroxylation sites is 1. The van der Waals surface area contributed by atoms with E-state index >= 15 is 0 Å². The summed E-state index contributed by atoms with van der Waals surface area (Å²) in [6, 6.07) is 8.47. The van der Waals surface area contributed by atoms with E-state index in [4.69, 9.17) is 4.42 Å². The number of urea groups is 1. The molecule has 20 heavy (non-hydrogen) atoms. The number of hydrogen-bond donors (Lipinski definition) is 3. The highest BCUT2D eigenvalue weighted by molar-refractivity contribution is 5.89. The fraction of sp³-hybridized carbons (Fsp3) is 0.214. The van der Waals surface area contributed by atoms with Gasteiger partial charge in [0.2, 0.25) is 0 Å². The van der Waals surface area contributed by atoms with Gasteiger partial charge in [-0.2, -0.15) is 0 Å². The summed E-state index contributed by atoms with van der Waals surface area (Å²) in [4.78, 5) is 11.7. The van der Waals surface area contributed by atoms with Crippen molar-refractivity contribution in [3.8, 4) is 0 Å². The first-order chi connectivity index (χ1) is 9.49. The second-order valence-electron chi connectivity index (χ2n) is 4.54. The van der Waals surface area contributed by atoms with Crippen LogP contribution in [0, 0.1) is 5.82 Å². The number of furan rings is 1. The maximum atomic E-state index is 13.3. The van der Waals surface area contributed by atoms with Crippen LogP contribution >= 0.6 is 0 Å². The minimum Gasteiger partial charge on any atom is -0.466 e. The molecular formula is C14H15FN2O3. The van der Waals surface area contributed by atoms with Crippen LogP contribution in [0.4, 0.5) is 14.9 Å². The average Bonchev–Trinajstić information content (AvgIpc) is 2.94. The molecule has 2 amide bonds. The van der Waals surface area contributed by atoms with Crippen molar-refractivity contribution in [2.45, 2.75) is 12.5 Å². The minimum absolute atomic E-state index is 0.0687. The molecule has 0 saturated carbocycles. The van der Waals surface area contributed by atoms with Gasteiger partial charge in [0, 0.05) is 0 Å². The van der Waals surface area contributed by atoms with Gasteiger partial charge >= 0.3 is 6.03 Å². The van der Waals surface area contributed by atoms with Crippen molar-refractivity contribution in [3.05, 3.63) is 54.2 Å². The molecule has 1 unspecified atom stereocenters. The number of carbonyl (C=O) groups is 1. The fourth-order valence-electron chi connectivity index (χ4n) is 1.65. The lowest BCUT2D eigenvalue weighted by Crippen LogP contribution is -2.40. The maximum absolute atomic E-state index is 13.3. The van der Waals surface area contributed by atoms with Crippen LogP contribution in [0.1, 0.15) is 12.7 Å². The zero-order valence-electron chi connectivity index (χ0n) is 10.9. The van der Waals surface area contributed by atoms with Gasteiger partial charge in [0.15, 0.2) is 0 Å². The third-order valence-electron chi connectivity index (χ3n) is 2.77. The average molecular weight is 278 g/mol. The predicted octanol–water partition coefficient (Wildman–Crippen LogP) is 2.45. The Hall–Kier alpha value is -2.34. The standard InChI is InChI=1S/C14H15FN2O3/c1-14(19,12-7-4-8-20-12)9-16-13(18)17-11-6-3-2-5-10(11)15/h2-8,19H,9H2,1H3,(H2,16,17,18). The van der Waals surface area contributed by atoms with Crippen LogP contribution in [0.3, 0.4) is 0 Å². The number of nitrogens with one attached hydrogen (secondary N) is 2. The Morgan fingerprint density at radius 1 is 1.35 bits per heavy atom. The minimum atomic E-state index is -1.34. The van der Waals surface area contributed by atoms with E-state index in [1.807, 2.05) is 0 Å². The highest BCUT2D eigenvalue weighted by Gasteiger charge is 2.26. The van der Waals surface area contributed by atoms with Gasteiger partial charge in [0.25, 0.3) is 0 Å². The molecule has 0 fully saturated rings. The van der Waals surface area contributed by atoms with Gasteiger partial charge in [-0.3, -0.25) is 0 Å². The van der Waals surface area contributed by atoms with Gasteiger partial charge < -0.3 is 20.2 Å². The monoisotopic (exact) mass is 278 g/mol. The van der Waals surface area contributed by atoms with Crippen LogP contribution in [0.15, 0.2) is 47.1 Å². The molecule has 6 heteroatoms.